The molecular weight excluding hydrogens is 338 g/mol. The normalized spacial score (nSPS) is 12.7. The summed E-state index contributed by atoms with van der Waals surface area (Å²) < 4.78 is 3.06. The molecule has 5 heteroatoms. The molecule has 0 fully saturated rings. The monoisotopic (exact) mass is 355 g/mol. The smallest absolute Gasteiger partial charge is 0.0847 e. The van der Waals surface area contributed by atoms with Crippen LogP contribution >= 0.6 is 27.5 Å². The Labute approximate surface area is 133 Å². The van der Waals surface area contributed by atoms with Crippen LogP contribution < -0.4 is 5.73 Å². The molecule has 0 amide bonds. The van der Waals surface area contributed by atoms with E-state index >= 15 is 0 Å². The quantitative estimate of drug-likeness (QED) is 0.882. The number of aromatic nitrogens is 2. The largest absolute Gasteiger partial charge is 0.330 e. The van der Waals surface area contributed by atoms with Gasteiger partial charge in [-0.3, -0.25) is 4.68 Å². The van der Waals surface area contributed by atoms with Crippen LogP contribution in [0.3, 0.4) is 0 Å². The second-order valence-corrected chi connectivity index (χ2v) is 6.05. The average Bonchev–Trinajstić information content (AvgIpc) is 2.73. The Balaban J connectivity index is 2.34. The molecule has 108 valence electrons. The predicted molar refractivity (Wildman–Crippen MR) is 87.3 cm³/mol. The van der Waals surface area contributed by atoms with Gasteiger partial charge in [-0.05, 0) is 38.4 Å². The molecule has 1 atom stereocenters. The van der Waals surface area contributed by atoms with Crippen molar-refractivity contribution in [3.63, 3.8) is 0 Å². The van der Waals surface area contributed by atoms with Gasteiger partial charge in [-0.1, -0.05) is 45.7 Å². The van der Waals surface area contributed by atoms with E-state index in [0.717, 1.165) is 33.8 Å². The van der Waals surface area contributed by atoms with Gasteiger partial charge in [-0.15, -0.1) is 0 Å². The topological polar surface area (TPSA) is 43.8 Å². The zero-order valence-electron chi connectivity index (χ0n) is 11.7. The predicted octanol–water partition coefficient (Wildman–Crippen LogP) is 3.91. The van der Waals surface area contributed by atoms with Crippen LogP contribution in [0.25, 0.3) is 0 Å². The maximum absolute atomic E-state index is 6.39. The van der Waals surface area contributed by atoms with Crippen LogP contribution in [-0.4, -0.2) is 16.3 Å². The highest BCUT2D eigenvalue weighted by atomic mass is 79.9. The standard InChI is InChI=1S/C15H19BrClN3/c1-3-20-14(15(17)10(2)19-20)8-11(9-18)12-6-4-5-7-13(12)16/h4-7,11H,3,8-9,18H2,1-2H3. The van der Waals surface area contributed by atoms with E-state index in [9.17, 15) is 0 Å². The van der Waals surface area contributed by atoms with Gasteiger partial charge in [-0.2, -0.15) is 5.10 Å². The summed E-state index contributed by atoms with van der Waals surface area (Å²) in [6.45, 7) is 5.40. The van der Waals surface area contributed by atoms with E-state index in [1.807, 2.05) is 29.8 Å². The molecule has 2 rings (SSSR count). The third-order valence-corrected chi connectivity index (χ3v) is 4.74. The van der Waals surface area contributed by atoms with Crippen LogP contribution in [0.5, 0.6) is 0 Å². The summed E-state index contributed by atoms with van der Waals surface area (Å²) in [6.07, 6.45) is 0.798. The first-order chi connectivity index (χ1) is 9.58. The van der Waals surface area contributed by atoms with Crippen molar-refractivity contribution in [3.8, 4) is 0 Å². The summed E-state index contributed by atoms with van der Waals surface area (Å²) >= 11 is 9.98. The second-order valence-electron chi connectivity index (χ2n) is 4.82. The van der Waals surface area contributed by atoms with Crippen molar-refractivity contribution >= 4 is 27.5 Å². The van der Waals surface area contributed by atoms with E-state index in [1.54, 1.807) is 0 Å². The zero-order chi connectivity index (χ0) is 14.7. The molecule has 0 aliphatic rings. The molecule has 0 bridgehead atoms. The molecule has 0 saturated heterocycles. The van der Waals surface area contributed by atoms with Gasteiger partial charge >= 0.3 is 0 Å². The molecule has 3 nitrogen and oxygen atoms in total. The third-order valence-electron chi connectivity index (χ3n) is 3.52. The number of benzene rings is 1. The number of aryl methyl sites for hydroxylation is 2. The number of rotatable bonds is 5. The molecule has 0 radical (unpaired) electrons. The van der Waals surface area contributed by atoms with E-state index in [-0.39, 0.29) is 5.92 Å². The lowest BCUT2D eigenvalue weighted by Gasteiger charge is -2.17. The summed E-state index contributed by atoms with van der Waals surface area (Å²) in [5.74, 6) is 0.226. The van der Waals surface area contributed by atoms with Crippen LogP contribution in [0, 0.1) is 6.92 Å². The molecule has 0 spiro atoms. The van der Waals surface area contributed by atoms with Gasteiger partial charge in [0.2, 0.25) is 0 Å². The van der Waals surface area contributed by atoms with Gasteiger partial charge in [0.1, 0.15) is 0 Å². The summed E-state index contributed by atoms with van der Waals surface area (Å²) in [6, 6.07) is 8.19. The first kappa shape index (κ1) is 15.5. The van der Waals surface area contributed by atoms with Crippen LogP contribution in [-0.2, 0) is 13.0 Å². The van der Waals surface area contributed by atoms with Crippen LogP contribution in [0.4, 0.5) is 0 Å². The SMILES string of the molecule is CCn1nc(C)c(Cl)c1CC(CN)c1ccccc1Br. The van der Waals surface area contributed by atoms with Gasteiger partial charge in [-0.25, -0.2) is 0 Å². The van der Waals surface area contributed by atoms with Crippen LogP contribution in [0.2, 0.25) is 5.02 Å². The van der Waals surface area contributed by atoms with Gasteiger partial charge in [0.15, 0.2) is 0 Å². The van der Waals surface area contributed by atoms with Crippen LogP contribution in [0.1, 0.15) is 29.8 Å². The fourth-order valence-corrected chi connectivity index (χ4v) is 3.24. The lowest BCUT2D eigenvalue weighted by atomic mass is 9.94. The number of hydrogen-bond acceptors (Lipinski definition) is 2. The first-order valence-corrected chi connectivity index (χ1v) is 7.91. The van der Waals surface area contributed by atoms with E-state index in [0.29, 0.717) is 6.54 Å². The fourth-order valence-electron chi connectivity index (χ4n) is 2.42. The number of hydrogen-bond donors (Lipinski definition) is 1. The first-order valence-electron chi connectivity index (χ1n) is 6.74. The Morgan fingerprint density at radius 2 is 2.10 bits per heavy atom. The van der Waals surface area contributed by atoms with Crippen molar-refractivity contribution in [3.05, 3.63) is 50.7 Å². The van der Waals surface area contributed by atoms with Gasteiger partial charge in [0.25, 0.3) is 0 Å². The van der Waals surface area contributed by atoms with Crippen molar-refractivity contribution in [2.45, 2.75) is 32.7 Å². The van der Waals surface area contributed by atoms with E-state index in [1.165, 1.54) is 5.56 Å². The van der Waals surface area contributed by atoms with Crippen molar-refractivity contribution in [2.75, 3.05) is 6.54 Å². The molecule has 1 heterocycles. The summed E-state index contributed by atoms with van der Waals surface area (Å²) in [4.78, 5) is 0. The van der Waals surface area contributed by atoms with Crippen molar-refractivity contribution in [1.29, 1.82) is 0 Å². The van der Waals surface area contributed by atoms with Gasteiger partial charge in [0, 0.05) is 16.9 Å². The highest BCUT2D eigenvalue weighted by Crippen LogP contribution is 2.30. The minimum Gasteiger partial charge on any atom is -0.330 e. The van der Waals surface area contributed by atoms with Crippen molar-refractivity contribution in [1.82, 2.24) is 9.78 Å². The summed E-state index contributed by atoms with van der Waals surface area (Å²) in [7, 11) is 0. The molecule has 0 saturated carbocycles. The van der Waals surface area contributed by atoms with E-state index < -0.39 is 0 Å². The second kappa shape index (κ2) is 6.74. The number of nitrogens with zero attached hydrogens (tertiary/aromatic N) is 2. The van der Waals surface area contributed by atoms with Crippen molar-refractivity contribution < 1.29 is 0 Å². The van der Waals surface area contributed by atoms with Gasteiger partial charge < -0.3 is 5.73 Å². The number of nitrogens with two attached hydrogens (primary N) is 1. The minimum atomic E-state index is 0.226. The minimum absolute atomic E-state index is 0.226. The maximum atomic E-state index is 6.39. The van der Waals surface area contributed by atoms with E-state index in [4.69, 9.17) is 17.3 Å². The molecule has 0 aliphatic heterocycles. The van der Waals surface area contributed by atoms with E-state index in [2.05, 4.69) is 34.0 Å². The molecule has 0 aliphatic carbocycles. The molecule has 1 unspecified atom stereocenters. The molecule has 1 aromatic carbocycles. The molecule has 20 heavy (non-hydrogen) atoms. The van der Waals surface area contributed by atoms with Crippen molar-refractivity contribution in [2.24, 2.45) is 5.73 Å². The highest BCUT2D eigenvalue weighted by molar-refractivity contribution is 9.10. The Hall–Kier alpha value is -0.840. The lowest BCUT2D eigenvalue weighted by molar-refractivity contribution is 0.582. The summed E-state index contributed by atoms with van der Waals surface area (Å²) in [5, 5.41) is 5.23. The highest BCUT2D eigenvalue weighted by Gasteiger charge is 2.19. The molecule has 1 aromatic heterocycles. The number of halogens is 2. The average molecular weight is 357 g/mol. The molecular formula is C15H19BrClN3. The summed E-state index contributed by atoms with van der Waals surface area (Å²) in [5.41, 5.74) is 9.14. The Morgan fingerprint density at radius 3 is 2.70 bits per heavy atom. The Bertz CT molecular complexity index is 595. The molecule has 2 aromatic rings. The zero-order valence-corrected chi connectivity index (χ0v) is 14.1. The maximum Gasteiger partial charge on any atom is 0.0847 e. The molecule has 2 N–H and O–H groups in total. The lowest BCUT2D eigenvalue weighted by Crippen LogP contribution is -2.17. The van der Waals surface area contributed by atoms with Crippen LogP contribution in [0.15, 0.2) is 28.7 Å². The Morgan fingerprint density at radius 1 is 1.40 bits per heavy atom. The third kappa shape index (κ3) is 3.08. The van der Waals surface area contributed by atoms with Gasteiger partial charge in [0.05, 0.1) is 16.4 Å². The fraction of sp³-hybridized carbons (Fsp3) is 0.400. The Kier molecular flexibility index (Phi) is 5.24.